The summed E-state index contributed by atoms with van der Waals surface area (Å²) in [5.74, 6) is -3.65. The Kier molecular flexibility index (Phi) is 7.21. The van der Waals surface area contributed by atoms with Crippen molar-refractivity contribution in [3.8, 4) is 0 Å². The standard InChI is InChI=1S/C20H25N3.C2H2O4/c1-3-9-19-17(7-1)18-8-2-4-10-20(18)23(19)14-6-5-13-22-15-11-21-12-16-22;3-1(4)2(5)6/h1-4,7-10,21H,5-6,11-16H2;(H,3,4)(H,5,6). The summed E-state index contributed by atoms with van der Waals surface area (Å²) >= 11 is 0. The van der Waals surface area contributed by atoms with Crippen molar-refractivity contribution >= 4 is 33.7 Å². The highest BCUT2D eigenvalue weighted by Gasteiger charge is 2.11. The number of hydrogen-bond acceptors (Lipinski definition) is 4. The first-order valence-electron chi connectivity index (χ1n) is 9.93. The van der Waals surface area contributed by atoms with Crippen LogP contribution in [0.5, 0.6) is 0 Å². The number of nitrogens with zero attached hydrogens (tertiary/aromatic N) is 2. The van der Waals surface area contributed by atoms with Gasteiger partial charge in [0, 0.05) is 54.5 Å². The van der Waals surface area contributed by atoms with Crippen LogP contribution in [-0.4, -0.2) is 64.3 Å². The van der Waals surface area contributed by atoms with Gasteiger partial charge in [0.2, 0.25) is 0 Å². The van der Waals surface area contributed by atoms with Crippen molar-refractivity contribution < 1.29 is 19.8 Å². The van der Waals surface area contributed by atoms with Gasteiger partial charge >= 0.3 is 11.9 Å². The minimum Gasteiger partial charge on any atom is -0.473 e. The quantitative estimate of drug-likeness (QED) is 0.453. The lowest BCUT2D eigenvalue weighted by molar-refractivity contribution is -0.159. The van der Waals surface area contributed by atoms with Crippen LogP contribution in [0.3, 0.4) is 0 Å². The fourth-order valence-electron chi connectivity index (χ4n) is 3.78. The molecule has 2 aromatic carbocycles. The summed E-state index contributed by atoms with van der Waals surface area (Å²) in [7, 11) is 0. The van der Waals surface area contributed by atoms with Crippen molar-refractivity contribution in [3.63, 3.8) is 0 Å². The summed E-state index contributed by atoms with van der Waals surface area (Å²) in [6.45, 7) is 7.05. The number of aliphatic carboxylic acids is 2. The Morgan fingerprint density at radius 1 is 0.793 bits per heavy atom. The minimum absolute atomic E-state index is 1.11. The van der Waals surface area contributed by atoms with Gasteiger partial charge in [-0.2, -0.15) is 0 Å². The largest absolute Gasteiger partial charge is 0.473 e. The highest BCUT2D eigenvalue weighted by molar-refractivity contribution is 6.27. The third-order valence-corrected chi connectivity index (χ3v) is 5.18. The second kappa shape index (κ2) is 10.0. The van der Waals surface area contributed by atoms with Crippen LogP contribution in [0.2, 0.25) is 0 Å². The minimum atomic E-state index is -1.82. The predicted octanol–water partition coefficient (Wildman–Crippen LogP) is 2.64. The van der Waals surface area contributed by atoms with Crippen LogP contribution in [-0.2, 0) is 16.1 Å². The molecule has 0 atom stereocenters. The molecule has 0 spiro atoms. The van der Waals surface area contributed by atoms with E-state index in [9.17, 15) is 0 Å². The van der Waals surface area contributed by atoms with Crippen LogP contribution >= 0.6 is 0 Å². The molecule has 0 radical (unpaired) electrons. The number of unbranched alkanes of at least 4 members (excludes halogenated alkanes) is 1. The van der Waals surface area contributed by atoms with Gasteiger partial charge in [-0.15, -0.1) is 0 Å². The summed E-state index contributed by atoms with van der Waals surface area (Å²) in [4.78, 5) is 20.8. The van der Waals surface area contributed by atoms with Gasteiger partial charge in [-0.3, -0.25) is 0 Å². The number of piperazine rings is 1. The number of rotatable bonds is 5. The lowest BCUT2D eigenvalue weighted by Crippen LogP contribution is -2.43. The van der Waals surface area contributed by atoms with Crippen LogP contribution in [0.25, 0.3) is 21.8 Å². The van der Waals surface area contributed by atoms with Crippen molar-refractivity contribution in [2.24, 2.45) is 0 Å². The van der Waals surface area contributed by atoms with E-state index in [4.69, 9.17) is 19.8 Å². The van der Waals surface area contributed by atoms with Gasteiger partial charge in [-0.1, -0.05) is 36.4 Å². The molecule has 1 aromatic heterocycles. The number of hydrogen-bond donors (Lipinski definition) is 3. The zero-order chi connectivity index (χ0) is 20.6. The molecular weight excluding hydrogens is 370 g/mol. The molecule has 154 valence electrons. The van der Waals surface area contributed by atoms with E-state index >= 15 is 0 Å². The summed E-state index contributed by atoms with van der Waals surface area (Å²) in [5, 5.41) is 21.0. The van der Waals surface area contributed by atoms with E-state index < -0.39 is 11.9 Å². The first kappa shape index (κ1) is 20.8. The maximum atomic E-state index is 9.10. The molecule has 1 fully saturated rings. The fraction of sp³-hybridized carbons (Fsp3) is 0.364. The fourth-order valence-corrected chi connectivity index (χ4v) is 3.78. The maximum absolute atomic E-state index is 9.10. The molecule has 1 saturated heterocycles. The van der Waals surface area contributed by atoms with Crippen molar-refractivity contribution in [2.45, 2.75) is 19.4 Å². The molecule has 7 heteroatoms. The Hall–Kier alpha value is -2.90. The van der Waals surface area contributed by atoms with Gasteiger partial charge in [-0.25, -0.2) is 9.59 Å². The summed E-state index contributed by atoms with van der Waals surface area (Å²) < 4.78 is 2.50. The number of para-hydroxylation sites is 2. The number of nitrogens with one attached hydrogen (secondary N) is 1. The van der Waals surface area contributed by atoms with Gasteiger partial charge in [0.1, 0.15) is 0 Å². The van der Waals surface area contributed by atoms with E-state index in [1.807, 2.05) is 0 Å². The molecule has 0 bridgehead atoms. The number of aryl methyl sites for hydroxylation is 1. The predicted molar refractivity (Wildman–Crippen MR) is 113 cm³/mol. The van der Waals surface area contributed by atoms with Crippen LogP contribution < -0.4 is 5.32 Å². The normalized spacial score (nSPS) is 14.5. The SMILES string of the molecule is O=C(O)C(=O)O.c1ccc2c(c1)c1ccccc1n2CCCCN1CCNCC1. The zero-order valence-electron chi connectivity index (χ0n) is 16.4. The molecule has 3 N–H and O–H groups in total. The molecule has 7 nitrogen and oxygen atoms in total. The van der Waals surface area contributed by atoms with Crippen LogP contribution in [0.1, 0.15) is 12.8 Å². The molecule has 3 aromatic rings. The van der Waals surface area contributed by atoms with Crippen LogP contribution in [0.4, 0.5) is 0 Å². The number of carbonyl (C=O) groups is 2. The second-order valence-corrected chi connectivity index (χ2v) is 7.09. The molecule has 1 aliphatic rings. The summed E-state index contributed by atoms with van der Waals surface area (Å²) in [5.41, 5.74) is 2.74. The van der Waals surface area contributed by atoms with E-state index in [2.05, 4.69) is 63.3 Å². The molecule has 0 unspecified atom stereocenters. The van der Waals surface area contributed by atoms with Gasteiger partial charge < -0.3 is 25.0 Å². The van der Waals surface area contributed by atoms with Crippen LogP contribution in [0.15, 0.2) is 48.5 Å². The molecular formula is C22H27N3O4. The highest BCUT2D eigenvalue weighted by Crippen LogP contribution is 2.28. The molecule has 0 saturated carbocycles. The monoisotopic (exact) mass is 397 g/mol. The van der Waals surface area contributed by atoms with Crippen molar-refractivity contribution in [3.05, 3.63) is 48.5 Å². The third-order valence-electron chi connectivity index (χ3n) is 5.18. The Labute approximate surface area is 169 Å². The lowest BCUT2D eigenvalue weighted by Gasteiger charge is -2.27. The number of carboxylic acid groups (broad SMARTS) is 2. The smallest absolute Gasteiger partial charge is 0.414 e. The topological polar surface area (TPSA) is 94.8 Å². The van der Waals surface area contributed by atoms with Gasteiger partial charge in [0.05, 0.1) is 0 Å². The first-order chi connectivity index (χ1) is 14.1. The summed E-state index contributed by atoms with van der Waals surface area (Å²) in [6, 6.07) is 17.6. The number of benzene rings is 2. The molecule has 2 heterocycles. The zero-order valence-corrected chi connectivity index (χ0v) is 16.4. The Bertz CT molecular complexity index is 911. The summed E-state index contributed by atoms with van der Waals surface area (Å²) in [6.07, 6.45) is 2.52. The highest BCUT2D eigenvalue weighted by atomic mass is 16.4. The Morgan fingerprint density at radius 2 is 1.28 bits per heavy atom. The van der Waals surface area contributed by atoms with E-state index in [1.165, 1.54) is 54.3 Å². The Balaban J connectivity index is 0.000000353. The van der Waals surface area contributed by atoms with Crippen molar-refractivity contribution in [2.75, 3.05) is 32.7 Å². The molecule has 0 amide bonds. The van der Waals surface area contributed by atoms with Crippen molar-refractivity contribution in [1.82, 2.24) is 14.8 Å². The first-order valence-corrected chi connectivity index (χ1v) is 9.93. The molecule has 1 aliphatic heterocycles. The van der Waals surface area contributed by atoms with Gasteiger partial charge in [-0.05, 0) is 31.5 Å². The van der Waals surface area contributed by atoms with E-state index in [1.54, 1.807) is 0 Å². The van der Waals surface area contributed by atoms with E-state index in [-0.39, 0.29) is 0 Å². The second-order valence-electron chi connectivity index (χ2n) is 7.09. The molecule has 0 aliphatic carbocycles. The van der Waals surface area contributed by atoms with E-state index in [0.717, 1.165) is 19.6 Å². The number of carboxylic acids is 2. The van der Waals surface area contributed by atoms with Crippen molar-refractivity contribution in [1.29, 1.82) is 0 Å². The van der Waals surface area contributed by atoms with Gasteiger partial charge in [0.25, 0.3) is 0 Å². The van der Waals surface area contributed by atoms with E-state index in [0.29, 0.717) is 0 Å². The lowest BCUT2D eigenvalue weighted by atomic mass is 10.2. The molecule has 4 rings (SSSR count). The third kappa shape index (κ3) is 5.34. The number of fused-ring (bicyclic) bond motifs is 3. The Morgan fingerprint density at radius 3 is 1.79 bits per heavy atom. The average Bonchev–Trinajstić information content (AvgIpc) is 3.06. The van der Waals surface area contributed by atoms with Crippen LogP contribution in [0, 0.1) is 0 Å². The molecule has 29 heavy (non-hydrogen) atoms. The van der Waals surface area contributed by atoms with Gasteiger partial charge in [0.15, 0.2) is 0 Å². The average molecular weight is 397 g/mol. The maximum Gasteiger partial charge on any atom is 0.414 e. The number of aromatic nitrogens is 1.